The van der Waals surface area contributed by atoms with Crippen molar-refractivity contribution in [2.24, 2.45) is 5.92 Å². The summed E-state index contributed by atoms with van der Waals surface area (Å²) in [6, 6.07) is 14.5. The topological polar surface area (TPSA) is 75.5 Å². The Morgan fingerprint density at radius 3 is 2.46 bits per heavy atom. The van der Waals surface area contributed by atoms with Crippen molar-refractivity contribution < 1.29 is 9.72 Å². The monoisotopic (exact) mass is 381 g/mol. The highest BCUT2D eigenvalue weighted by atomic mass is 16.6. The van der Waals surface area contributed by atoms with Gasteiger partial charge >= 0.3 is 0 Å². The lowest BCUT2D eigenvalue weighted by molar-refractivity contribution is -0.385. The number of hydrogen-bond donors (Lipinski definition) is 1. The number of amides is 1. The first-order chi connectivity index (χ1) is 13.4. The van der Waals surface area contributed by atoms with Crippen molar-refractivity contribution in [3.63, 3.8) is 0 Å². The molecule has 0 bridgehead atoms. The summed E-state index contributed by atoms with van der Waals surface area (Å²) in [7, 11) is 0. The summed E-state index contributed by atoms with van der Waals surface area (Å²) >= 11 is 0. The SMILES string of the molecule is CC1CCN(c2ccc(C(C)NC(=O)Cc3ccccc3[N+](=O)[O-])cc2)CC1. The Labute approximate surface area is 165 Å². The molecule has 1 heterocycles. The first kappa shape index (κ1) is 19.9. The second-order valence-corrected chi connectivity index (χ2v) is 7.61. The minimum absolute atomic E-state index is 0.00839. The minimum atomic E-state index is -0.452. The van der Waals surface area contributed by atoms with Gasteiger partial charge in [-0.15, -0.1) is 0 Å². The van der Waals surface area contributed by atoms with E-state index in [0.717, 1.165) is 24.6 Å². The number of nitro groups is 1. The fourth-order valence-electron chi connectivity index (χ4n) is 3.63. The summed E-state index contributed by atoms with van der Waals surface area (Å²) < 4.78 is 0. The highest BCUT2D eigenvalue weighted by molar-refractivity contribution is 5.80. The third kappa shape index (κ3) is 4.88. The van der Waals surface area contributed by atoms with Crippen LogP contribution in [0.3, 0.4) is 0 Å². The Morgan fingerprint density at radius 1 is 1.18 bits per heavy atom. The number of nitro benzene ring substituents is 1. The quantitative estimate of drug-likeness (QED) is 0.599. The number of carbonyl (C=O) groups excluding carboxylic acids is 1. The van der Waals surface area contributed by atoms with Crippen LogP contribution in [0, 0.1) is 16.0 Å². The molecule has 0 radical (unpaired) electrons. The van der Waals surface area contributed by atoms with Gasteiger partial charge in [-0.2, -0.15) is 0 Å². The van der Waals surface area contributed by atoms with E-state index in [1.807, 2.05) is 19.1 Å². The maximum absolute atomic E-state index is 12.4. The molecule has 1 N–H and O–H groups in total. The third-order valence-corrected chi connectivity index (χ3v) is 5.46. The van der Waals surface area contributed by atoms with Crippen molar-refractivity contribution in [2.45, 2.75) is 39.2 Å². The largest absolute Gasteiger partial charge is 0.372 e. The lowest BCUT2D eigenvalue weighted by atomic mass is 9.98. The number of carbonyl (C=O) groups is 1. The van der Waals surface area contributed by atoms with Gasteiger partial charge in [-0.25, -0.2) is 0 Å². The first-order valence-electron chi connectivity index (χ1n) is 9.80. The normalized spacial score (nSPS) is 15.9. The molecule has 3 rings (SSSR count). The predicted octanol–water partition coefficient (Wildman–Crippen LogP) is 4.25. The highest BCUT2D eigenvalue weighted by Crippen LogP contribution is 2.25. The highest BCUT2D eigenvalue weighted by Gasteiger charge is 2.18. The second kappa shape index (κ2) is 8.87. The van der Waals surface area contributed by atoms with Gasteiger partial charge in [-0.05, 0) is 43.4 Å². The Morgan fingerprint density at radius 2 is 1.82 bits per heavy atom. The van der Waals surface area contributed by atoms with Crippen molar-refractivity contribution >= 4 is 17.3 Å². The van der Waals surface area contributed by atoms with Crippen LogP contribution in [0.25, 0.3) is 0 Å². The zero-order valence-corrected chi connectivity index (χ0v) is 16.4. The van der Waals surface area contributed by atoms with E-state index in [4.69, 9.17) is 0 Å². The van der Waals surface area contributed by atoms with Gasteiger partial charge in [0.15, 0.2) is 0 Å². The molecule has 0 saturated carbocycles. The molecule has 0 aliphatic carbocycles. The first-order valence-corrected chi connectivity index (χ1v) is 9.80. The summed E-state index contributed by atoms with van der Waals surface area (Å²) in [4.78, 5) is 25.4. The van der Waals surface area contributed by atoms with Crippen molar-refractivity contribution in [3.05, 3.63) is 69.8 Å². The van der Waals surface area contributed by atoms with Crippen molar-refractivity contribution in [2.75, 3.05) is 18.0 Å². The maximum Gasteiger partial charge on any atom is 0.273 e. The second-order valence-electron chi connectivity index (χ2n) is 7.61. The van der Waals surface area contributed by atoms with E-state index in [0.29, 0.717) is 5.56 Å². The molecule has 1 saturated heterocycles. The van der Waals surface area contributed by atoms with E-state index in [1.54, 1.807) is 18.2 Å². The zero-order valence-electron chi connectivity index (χ0n) is 16.4. The van der Waals surface area contributed by atoms with E-state index in [1.165, 1.54) is 24.6 Å². The van der Waals surface area contributed by atoms with E-state index in [9.17, 15) is 14.9 Å². The van der Waals surface area contributed by atoms with Crippen LogP contribution < -0.4 is 10.2 Å². The molecular formula is C22H27N3O3. The van der Waals surface area contributed by atoms with E-state index < -0.39 is 4.92 Å². The summed E-state index contributed by atoms with van der Waals surface area (Å²) in [5, 5.41) is 14.0. The Balaban J connectivity index is 1.59. The predicted molar refractivity (Wildman–Crippen MR) is 110 cm³/mol. The van der Waals surface area contributed by atoms with Crippen LogP contribution in [0.5, 0.6) is 0 Å². The summed E-state index contributed by atoms with van der Waals surface area (Å²) in [5.74, 6) is 0.571. The average Bonchev–Trinajstić information content (AvgIpc) is 2.69. The number of para-hydroxylation sites is 1. The number of hydrogen-bond acceptors (Lipinski definition) is 4. The molecule has 28 heavy (non-hydrogen) atoms. The molecule has 1 atom stereocenters. The number of nitrogens with one attached hydrogen (secondary N) is 1. The molecule has 0 aromatic heterocycles. The van der Waals surface area contributed by atoms with Gasteiger partial charge in [0.1, 0.15) is 0 Å². The maximum atomic E-state index is 12.4. The Bertz CT molecular complexity index is 827. The average molecular weight is 381 g/mol. The van der Waals surface area contributed by atoms with Crippen LogP contribution in [0.1, 0.15) is 43.9 Å². The van der Waals surface area contributed by atoms with Gasteiger partial charge in [-0.3, -0.25) is 14.9 Å². The van der Waals surface area contributed by atoms with Gasteiger partial charge < -0.3 is 10.2 Å². The van der Waals surface area contributed by atoms with E-state index in [2.05, 4.69) is 29.3 Å². The van der Waals surface area contributed by atoms with Gasteiger partial charge in [0, 0.05) is 30.4 Å². The molecular weight excluding hydrogens is 354 g/mol. The van der Waals surface area contributed by atoms with Gasteiger partial charge in [0.25, 0.3) is 5.69 Å². The zero-order chi connectivity index (χ0) is 20.1. The van der Waals surface area contributed by atoms with Crippen LogP contribution in [-0.2, 0) is 11.2 Å². The van der Waals surface area contributed by atoms with Crippen molar-refractivity contribution in [1.29, 1.82) is 0 Å². The van der Waals surface area contributed by atoms with E-state index >= 15 is 0 Å². The van der Waals surface area contributed by atoms with Crippen molar-refractivity contribution in [3.8, 4) is 0 Å². The smallest absolute Gasteiger partial charge is 0.273 e. The summed E-state index contributed by atoms with van der Waals surface area (Å²) in [6.07, 6.45) is 2.44. The molecule has 2 aromatic carbocycles. The van der Waals surface area contributed by atoms with Crippen LogP contribution in [0.2, 0.25) is 0 Å². The molecule has 148 valence electrons. The molecule has 2 aromatic rings. The van der Waals surface area contributed by atoms with Gasteiger partial charge in [0.05, 0.1) is 17.4 Å². The third-order valence-electron chi connectivity index (χ3n) is 5.46. The standard InChI is InChI=1S/C22H27N3O3/c1-16-11-13-24(14-12-16)20-9-7-18(8-10-20)17(2)23-22(26)15-19-5-3-4-6-21(19)25(27)28/h3-10,16-17H,11-15H2,1-2H3,(H,23,26). The molecule has 1 aliphatic rings. The number of benzene rings is 2. The molecule has 1 aliphatic heterocycles. The molecule has 1 unspecified atom stereocenters. The fourth-order valence-corrected chi connectivity index (χ4v) is 3.63. The summed E-state index contributed by atoms with van der Waals surface area (Å²) in [6.45, 7) is 6.40. The lowest BCUT2D eigenvalue weighted by Crippen LogP contribution is -2.32. The molecule has 6 heteroatoms. The Kier molecular flexibility index (Phi) is 6.29. The van der Waals surface area contributed by atoms with Crippen LogP contribution in [0.15, 0.2) is 48.5 Å². The lowest BCUT2D eigenvalue weighted by Gasteiger charge is -2.32. The minimum Gasteiger partial charge on any atom is -0.372 e. The van der Waals surface area contributed by atoms with Crippen LogP contribution in [-0.4, -0.2) is 23.9 Å². The molecule has 6 nitrogen and oxygen atoms in total. The molecule has 1 fully saturated rings. The van der Waals surface area contributed by atoms with E-state index in [-0.39, 0.29) is 24.1 Å². The number of anilines is 1. The van der Waals surface area contributed by atoms with Crippen LogP contribution in [0.4, 0.5) is 11.4 Å². The molecule has 1 amide bonds. The van der Waals surface area contributed by atoms with Gasteiger partial charge in [-0.1, -0.05) is 37.3 Å². The van der Waals surface area contributed by atoms with Crippen LogP contribution >= 0.6 is 0 Å². The number of piperidine rings is 1. The van der Waals surface area contributed by atoms with Gasteiger partial charge in [0.2, 0.25) is 5.91 Å². The molecule has 0 spiro atoms. The number of nitrogens with zero attached hydrogens (tertiary/aromatic N) is 2. The Hall–Kier alpha value is -2.89. The number of rotatable bonds is 6. The summed E-state index contributed by atoms with van der Waals surface area (Å²) in [5.41, 5.74) is 2.64. The van der Waals surface area contributed by atoms with Crippen molar-refractivity contribution in [1.82, 2.24) is 5.32 Å². The fraction of sp³-hybridized carbons (Fsp3) is 0.409.